The average Bonchev–Trinajstić information content (AvgIpc) is 2.26. The van der Waals surface area contributed by atoms with Gasteiger partial charge in [-0.2, -0.15) is 0 Å². The average molecular weight is 280 g/mol. The molecule has 4 N–H and O–H groups in total. The van der Waals surface area contributed by atoms with Crippen LogP contribution in [0.2, 0.25) is 0 Å². The van der Waals surface area contributed by atoms with Crippen LogP contribution in [0.15, 0.2) is 29.3 Å². The third-order valence-electron chi connectivity index (χ3n) is 1.79. The highest BCUT2D eigenvalue weighted by Crippen LogP contribution is 2.07. The first kappa shape index (κ1) is 14.2. The van der Waals surface area contributed by atoms with Crippen LogP contribution in [-0.4, -0.2) is 22.3 Å². The number of hydrogen-bond donors (Lipinski definition) is 3. The van der Waals surface area contributed by atoms with Gasteiger partial charge < -0.3 is 16.4 Å². The van der Waals surface area contributed by atoms with Crippen LogP contribution in [0, 0.1) is 0 Å². The third kappa shape index (κ3) is 5.46. The molecule has 94 valence electrons. The number of nitrogens with one attached hydrogen (secondary N) is 2. The summed E-state index contributed by atoms with van der Waals surface area (Å²) in [5.41, 5.74) is 6.82. The quantitative estimate of drug-likeness (QED) is 0.560. The SMILES string of the molecule is CC(=O)Nc1ccc(/C=N/C(=S)NC(N)=S)cc1. The van der Waals surface area contributed by atoms with E-state index in [1.807, 2.05) is 0 Å². The first-order chi connectivity index (χ1) is 8.47. The van der Waals surface area contributed by atoms with E-state index >= 15 is 0 Å². The van der Waals surface area contributed by atoms with Crippen LogP contribution in [-0.2, 0) is 4.79 Å². The molecule has 0 spiro atoms. The molecule has 0 heterocycles. The van der Waals surface area contributed by atoms with E-state index in [4.69, 9.17) is 18.0 Å². The molecule has 0 radical (unpaired) electrons. The first-order valence-electron chi connectivity index (χ1n) is 4.99. The number of rotatable bonds is 2. The van der Waals surface area contributed by atoms with Gasteiger partial charge in [-0.3, -0.25) is 4.79 Å². The molecular weight excluding hydrogens is 268 g/mol. The molecule has 1 amide bonds. The second-order valence-electron chi connectivity index (χ2n) is 3.36. The van der Waals surface area contributed by atoms with E-state index < -0.39 is 0 Å². The zero-order valence-corrected chi connectivity index (χ0v) is 11.3. The molecule has 1 aromatic rings. The summed E-state index contributed by atoms with van der Waals surface area (Å²) < 4.78 is 0. The maximum absolute atomic E-state index is 10.8. The van der Waals surface area contributed by atoms with Crippen molar-refractivity contribution in [2.75, 3.05) is 5.32 Å². The topological polar surface area (TPSA) is 79.5 Å². The van der Waals surface area contributed by atoms with Crippen molar-refractivity contribution in [1.82, 2.24) is 5.32 Å². The third-order valence-corrected chi connectivity index (χ3v) is 2.10. The number of nitrogens with zero attached hydrogens (tertiary/aromatic N) is 1. The lowest BCUT2D eigenvalue weighted by Gasteiger charge is -2.02. The van der Waals surface area contributed by atoms with Crippen molar-refractivity contribution in [2.24, 2.45) is 10.7 Å². The number of hydrogen-bond acceptors (Lipinski definition) is 3. The lowest BCUT2D eigenvalue weighted by atomic mass is 10.2. The van der Waals surface area contributed by atoms with Crippen molar-refractivity contribution in [1.29, 1.82) is 0 Å². The minimum absolute atomic E-state index is 0.0816. The molecule has 7 heteroatoms. The zero-order chi connectivity index (χ0) is 13.5. The molecule has 0 aliphatic rings. The fourth-order valence-corrected chi connectivity index (χ4v) is 1.45. The number of aliphatic imine (C=N–C) groups is 1. The van der Waals surface area contributed by atoms with Crippen LogP contribution in [0.4, 0.5) is 5.69 Å². The number of amides is 1. The molecule has 0 atom stereocenters. The van der Waals surface area contributed by atoms with Crippen LogP contribution in [0.5, 0.6) is 0 Å². The molecule has 0 aromatic heterocycles. The second kappa shape index (κ2) is 6.77. The molecule has 0 saturated carbocycles. The Bertz CT molecular complexity index is 496. The minimum atomic E-state index is -0.113. The molecule has 0 unspecified atom stereocenters. The van der Waals surface area contributed by atoms with Gasteiger partial charge in [-0.25, -0.2) is 4.99 Å². The van der Waals surface area contributed by atoms with Gasteiger partial charge in [-0.05, 0) is 42.1 Å². The Balaban J connectivity index is 2.63. The summed E-state index contributed by atoms with van der Waals surface area (Å²) in [4.78, 5) is 14.8. The number of nitrogens with two attached hydrogens (primary N) is 1. The normalized spacial score (nSPS) is 10.1. The van der Waals surface area contributed by atoms with Crippen molar-refractivity contribution in [2.45, 2.75) is 6.92 Å². The summed E-state index contributed by atoms with van der Waals surface area (Å²) in [6.45, 7) is 1.45. The van der Waals surface area contributed by atoms with Gasteiger partial charge in [0.15, 0.2) is 10.2 Å². The van der Waals surface area contributed by atoms with E-state index in [-0.39, 0.29) is 16.1 Å². The van der Waals surface area contributed by atoms with Gasteiger partial charge in [-0.15, -0.1) is 0 Å². The Morgan fingerprint density at radius 2 is 1.94 bits per heavy atom. The second-order valence-corrected chi connectivity index (χ2v) is 4.18. The van der Waals surface area contributed by atoms with Gasteiger partial charge in [0.1, 0.15) is 0 Å². The summed E-state index contributed by atoms with van der Waals surface area (Å²) in [6.07, 6.45) is 1.57. The largest absolute Gasteiger partial charge is 0.376 e. The lowest BCUT2D eigenvalue weighted by Crippen LogP contribution is -2.32. The van der Waals surface area contributed by atoms with Crippen molar-refractivity contribution < 1.29 is 4.79 Å². The molecule has 1 rings (SSSR count). The van der Waals surface area contributed by atoms with Crippen LogP contribution >= 0.6 is 24.4 Å². The fourth-order valence-electron chi connectivity index (χ4n) is 1.13. The molecule has 0 aliphatic carbocycles. The molecular formula is C11H12N4OS2. The number of carbonyl (C=O) groups excluding carboxylic acids is 1. The van der Waals surface area contributed by atoms with Crippen LogP contribution in [0.25, 0.3) is 0 Å². The van der Waals surface area contributed by atoms with Gasteiger partial charge in [0.2, 0.25) is 5.91 Å². The Morgan fingerprint density at radius 1 is 1.33 bits per heavy atom. The smallest absolute Gasteiger partial charge is 0.221 e. The highest BCUT2D eigenvalue weighted by atomic mass is 32.1. The van der Waals surface area contributed by atoms with Gasteiger partial charge in [0.25, 0.3) is 0 Å². The Morgan fingerprint density at radius 3 is 2.44 bits per heavy atom. The van der Waals surface area contributed by atoms with Crippen LogP contribution < -0.4 is 16.4 Å². The molecule has 5 nitrogen and oxygen atoms in total. The summed E-state index contributed by atoms with van der Waals surface area (Å²) in [6, 6.07) is 7.15. The minimum Gasteiger partial charge on any atom is -0.376 e. The molecule has 0 bridgehead atoms. The number of thiocarbonyl (C=S) groups is 2. The highest BCUT2D eigenvalue weighted by molar-refractivity contribution is 7.81. The molecule has 18 heavy (non-hydrogen) atoms. The molecule has 0 saturated heterocycles. The van der Waals surface area contributed by atoms with Crippen molar-refractivity contribution >= 4 is 52.5 Å². The highest BCUT2D eigenvalue weighted by Gasteiger charge is 1.96. The predicted octanol–water partition coefficient (Wildman–Crippen LogP) is 1.18. The fraction of sp³-hybridized carbons (Fsp3) is 0.0909. The molecule has 0 aliphatic heterocycles. The van der Waals surface area contributed by atoms with Crippen molar-refractivity contribution in [3.05, 3.63) is 29.8 Å². The number of anilines is 1. The maximum Gasteiger partial charge on any atom is 0.221 e. The standard InChI is InChI=1S/C11H12N4OS2/c1-7(16)14-9-4-2-8(3-5-9)6-13-11(18)15-10(12)17/h2-6H,1H3,(H,14,16)(H3,12,15,17,18)/b13-6+. The lowest BCUT2D eigenvalue weighted by molar-refractivity contribution is -0.114. The Hall–Kier alpha value is -1.86. The zero-order valence-electron chi connectivity index (χ0n) is 9.64. The van der Waals surface area contributed by atoms with Gasteiger partial charge >= 0.3 is 0 Å². The van der Waals surface area contributed by atoms with E-state index in [0.717, 1.165) is 11.3 Å². The predicted molar refractivity (Wildman–Crippen MR) is 80.9 cm³/mol. The van der Waals surface area contributed by atoms with E-state index in [9.17, 15) is 4.79 Å². The van der Waals surface area contributed by atoms with Crippen LogP contribution in [0.1, 0.15) is 12.5 Å². The van der Waals surface area contributed by atoms with Crippen LogP contribution in [0.3, 0.4) is 0 Å². The van der Waals surface area contributed by atoms with Gasteiger partial charge in [0, 0.05) is 18.8 Å². The Kier molecular flexibility index (Phi) is 5.34. The molecule has 1 aromatic carbocycles. The van der Waals surface area contributed by atoms with E-state index in [0.29, 0.717) is 0 Å². The monoisotopic (exact) mass is 280 g/mol. The van der Waals surface area contributed by atoms with E-state index in [1.165, 1.54) is 6.92 Å². The summed E-state index contributed by atoms with van der Waals surface area (Å²) in [5.74, 6) is -0.113. The molecule has 0 fully saturated rings. The maximum atomic E-state index is 10.8. The first-order valence-corrected chi connectivity index (χ1v) is 5.81. The van der Waals surface area contributed by atoms with Crippen molar-refractivity contribution in [3.8, 4) is 0 Å². The van der Waals surface area contributed by atoms with Gasteiger partial charge in [0.05, 0.1) is 0 Å². The van der Waals surface area contributed by atoms with Gasteiger partial charge in [-0.1, -0.05) is 12.1 Å². The van der Waals surface area contributed by atoms with Crippen molar-refractivity contribution in [3.63, 3.8) is 0 Å². The van der Waals surface area contributed by atoms with E-state index in [2.05, 4.69) is 27.8 Å². The number of benzene rings is 1. The Labute approximate surface area is 115 Å². The summed E-state index contributed by atoms with van der Waals surface area (Å²) in [7, 11) is 0. The number of carbonyl (C=O) groups is 1. The van der Waals surface area contributed by atoms with E-state index in [1.54, 1.807) is 30.5 Å². The summed E-state index contributed by atoms with van der Waals surface area (Å²) >= 11 is 9.50. The summed E-state index contributed by atoms with van der Waals surface area (Å²) in [5, 5.41) is 5.49.